The predicted octanol–water partition coefficient (Wildman–Crippen LogP) is 4.01. The van der Waals surface area contributed by atoms with Crippen molar-refractivity contribution in [1.29, 1.82) is 0 Å². The molecule has 0 bridgehead atoms. The third kappa shape index (κ3) is 4.21. The van der Waals surface area contributed by atoms with Gasteiger partial charge in [0.15, 0.2) is 0 Å². The molecule has 29 heavy (non-hydrogen) atoms. The van der Waals surface area contributed by atoms with Crippen LogP contribution >= 0.6 is 0 Å². The zero-order chi connectivity index (χ0) is 20.2. The molecule has 0 spiro atoms. The molecule has 2 heterocycles. The van der Waals surface area contributed by atoms with Crippen LogP contribution in [0.3, 0.4) is 0 Å². The van der Waals surface area contributed by atoms with Gasteiger partial charge >= 0.3 is 0 Å². The van der Waals surface area contributed by atoms with Crippen LogP contribution in [0.15, 0.2) is 60.7 Å². The van der Waals surface area contributed by atoms with E-state index < -0.39 is 0 Å². The quantitative estimate of drug-likeness (QED) is 0.794. The molecule has 4 nitrogen and oxygen atoms in total. The third-order valence-electron chi connectivity index (χ3n) is 6.55. The van der Waals surface area contributed by atoms with E-state index in [2.05, 4.69) is 34.1 Å². The molecular weight excluding hydrogens is 360 g/mol. The second-order valence-corrected chi connectivity index (χ2v) is 8.32. The Bertz CT molecular complexity index is 836. The number of hydrogen-bond donors (Lipinski definition) is 0. The number of piperidine rings is 1. The van der Waals surface area contributed by atoms with E-state index in [9.17, 15) is 9.59 Å². The molecule has 2 amide bonds. The van der Waals surface area contributed by atoms with Gasteiger partial charge in [0.2, 0.25) is 11.8 Å². The molecule has 2 fully saturated rings. The Morgan fingerprint density at radius 1 is 0.862 bits per heavy atom. The van der Waals surface area contributed by atoms with Crippen molar-refractivity contribution < 1.29 is 9.59 Å². The predicted molar refractivity (Wildman–Crippen MR) is 114 cm³/mol. The second-order valence-electron chi connectivity index (χ2n) is 8.32. The van der Waals surface area contributed by atoms with E-state index in [4.69, 9.17) is 0 Å². The van der Waals surface area contributed by atoms with Crippen molar-refractivity contribution in [3.63, 3.8) is 0 Å². The molecule has 2 aromatic carbocycles. The normalized spacial score (nSPS) is 24.5. The number of hydrogen-bond acceptors (Lipinski definition) is 2. The summed E-state index contributed by atoms with van der Waals surface area (Å²) in [5, 5.41) is 0. The summed E-state index contributed by atoms with van der Waals surface area (Å²) >= 11 is 0. The molecule has 2 saturated heterocycles. The molecule has 0 unspecified atom stereocenters. The van der Waals surface area contributed by atoms with E-state index >= 15 is 0 Å². The van der Waals surface area contributed by atoms with Crippen LogP contribution in [-0.4, -0.2) is 46.8 Å². The first kappa shape index (κ1) is 19.7. The van der Waals surface area contributed by atoms with E-state index in [1.807, 2.05) is 36.4 Å². The number of fused-ring (bicyclic) bond motifs is 1. The van der Waals surface area contributed by atoms with Gasteiger partial charge in [-0.05, 0) is 36.8 Å². The van der Waals surface area contributed by atoms with Crippen molar-refractivity contribution >= 4 is 11.8 Å². The fraction of sp³-hybridized carbons (Fsp3) is 0.440. The minimum absolute atomic E-state index is 0.0610. The fourth-order valence-electron chi connectivity index (χ4n) is 5.22. The number of rotatable bonds is 3. The Hall–Kier alpha value is -2.62. The molecule has 0 N–H and O–H groups in total. The van der Waals surface area contributed by atoms with Gasteiger partial charge in [0.25, 0.3) is 0 Å². The third-order valence-corrected chi connectivity index (χ3v) is 6.55. The fourth-order valence-corrected chi connectivity index (χ4v) is 5.22. The lowest BCUT2D eigenvalue weighted by atomic mass is 9.78. The van der Waals surface area contributed by atoms with Crippen molar-refractivity contribution in [3.8, 4) is 0 Å². The largest absolute Gasteiger partial charge is 0.337 e. The summed E-state index contributed by atoms with van der Waals surface area (Å²) in [4.78, 5) is 30.0. The molecular formula is C25H30N2O2. The molecule has 152 valence electrons. The molecule has 3 atom stereocenters. The Morgan fingerprint density at radius 2 is 1.55 bits per heavy atom. The van der Waals surface area contributed by atoms with Gasteiger partial charge in [-0.1, -0.05) is 60.7 Å². The van der Waals surface area contributed by atoms with Crippen LogP contribution in [0.2, 0.25) is 0 Å². The lowest BCUT2D eigenvalue weighted by Crippen LogP contribution is -2.60. The highest BCUT2D eigenvalue weighted by atomic mass is 16.2. The lowest BCUT2D eigenvalue weighted by molar-refractivity contribution is -0.142. The average Bonchev–Trinajstić information content (AvgIpc) is 2.97. The SMILES string of the molecule is CC(=O)N1CCCC[C@@H]2[C@H]1[C@@H](c1ccccc1)CCN2C(=O)Cc1ccccc1. The number of likely N-dealkylation sites (tertiary alicyclic amines) is 2. The highest BCUT2D eigenvalue weighted by molar-refractivity contribution is 5.80. The average molecular weight is 391 g/mol. The second kappa shape index (κ2) is 8.81. The molecule has 2 aromatic rings. The Labute approximate surface area is 173 Å². The van der Waals surface area contributed by atoms with Crippen molar-refractivity contribution in [2.75, 3.05) is 13.1 Å². The molecule has 0 saturated carbocycles. The Balaban J connectivity index is 1.65. The molecule has 0 aromatic heterocycles. The molecule has 4 rings (SSSR count). The summed E-state index contributed by atoms with van der Waals surface area (Å²) in [6, 6.07) is 20.7. The van der Waals surface area contributed by atoms with E-state index in [1.54, 1.807) is 6.92 Å². The van der Waals surface area contributed by atoms with Crippen LogP contribution in [0.1, 0.15) is 49.7 Å². The van der Waals surface area contributed by atoms with E-state index in [0.717, 1.165) is 44.3 Å². The summed E-state index contributed by atoms with van der Waals surface area (Å²) in [5.41, 5.74) is 2.34. The van der Waals surface area contributed by atoms with E-state index in [1.165, 1.54) is 5.56 Å². The number of nitrogens with zero attached hydrogens (tertiary/aromatic N) is 2. The molecule has 4 heteroatoms. The van der Waals surface area contributed by atoms with Gasteiger partial charge in [0.05, 0.1) is 18.5 Å². The number of carbonyl (C=O) groups is 2. The van der Waals surface area contributed by atoms with Crippen LogP contribution in [0.4, 0.5) is 0 Å². The van der Waals surface area contributed by atoms with Gasteiger partial charge in [-0.15, -0.1) is 0 Å². The number of benzene rings is 2. The van der Waals surface area contributed by atoms with Crippen molar-refractivity contribution in [3.05, 3.63) is 71.8 Å². The minimum Gasteiger partial charge on any atom is -0.337 e. The maximum atomic E-state index is 13.3. The van der Waals surface area contributed by atoms with Crippen molar-refractivity contribution in [2.24, 2.45) is 0 Å². The molecule has 2 aliphatic heterocycles. The van der Waals surface area contributed by atoms with Gasteiger partial charge in [-0.25, -0.2) is 0 Å². The van der Waals surface area contributed by atoms with Gasteiger partial charge in [0.1, 0.15) is 0 Å². The van der Waals surface area contributed by atoms with Crippen LogP contribution in [-0.2, 0) is 16.0 Å². The van der Waals surface area contributed by atoms with Crippen LogP contribution in [0.5, 0.6) is 0 Å². The van der Waals surface area contributed by atoms with E-state index in [-0.39, 0.29) is 29.8 Å². The van der Waals surface area contributed by atoms with Crippen molar-refractivity contribution in [1.82, 2.24) is 9.80 Å². The zero-order valence-corrected chi connectivity index (χ0v) is 17.2. The summed E-state index contributed by atoms with van der Waals surface area (Å²) in [5.74, 6) is 0.590. The van der Waals surface area contributed by atoms with Gasteiger partial charge in [-0.3, -0.25) is 9.59 Å². The van der Waals surface area contributed by atoms with Crippen LogP contribution in [0.25, 0.3) is 0 Å². The van der Waals surface area contributed by atoms with E-state index in [0.29, 0.717) is 6.42 Å². The smallest absolute Gasteiger partial charge is 0.227 e. The minimum atomic E-state index is 0.0610. The monoisotopic (exact) mass is 390 g/mol. The summed E-state index contributed by atoms with van der Waals surface area (Å²) in [6.07, 6.45) is 4.37. The summed E-state index contributed by atoms with van der Waals surface area (Å²) < 4.78 is 0. The summed E-state index contributed by atoms with van der Waals surface area (Å²) in [7, 11) is 0. The number of amides is 2. The lowest BCUT2D eigenvalue weighted by Gasteiger charge is -2.49. The molecule has 2 aliphatic rings. The van der Waals surface area contributed by atoms with Crippen LogP contribution < -0.4 is 0 Å². The highest BCUT2D eigenvalue weighted by Crippen LogP contribution is 2.39. The topological polar surface area (TPSA) is 40.6 Å². The zero-order valence-electron chi connectivity index (χ0n) is 17.2. The highest BCUT2D eigenvalue weighted by Gasteiger charge is 2.45. The maximum absolute atomic E-state index is 13.3. The Morgan fingerprint density at radius 3 is 2.24 bits per heavy atom. The number of carbonyl (C=O) groups excluding carboxylic acids is 2. The van der Waals surface area contributed by atoms with Crippen molar-refractivity contribution in [2.45, 2.75) is 57.0 Å². The molecule has 0 radical (unpaired) electrons. The van der Waals surface area contributed by atoms with Gasteiger partial charge < -0.3 is 9.80 Å². The first-order valence-corrected chi connectivity index (χ1v) is 10.8. The molecule has 0 aliphatic carbocycles. The summed E-state index contributed by atoms with van der Waals surface area (Å²) in [6.45, 7) is 3.23. The van der Waals surface area contributed by atoms with Gasteiger partial charge in [-0.2, -0.15) is 0 Å². The first-order valence-electron chi connectivity index (χ1n) is 10.8. The Kier molecular flexibility index (Phi) is 5.98. The van der Waals surface area contributed by atoms with Gasteiger partial charge in [0, 0.05) is 25.9 Å². The standard InChI is InChI=1S/C25H30N2O2/c1-19(28)26-16-9-8-14-23-25(26)22(21-12-6-3-7-13-21)15-17-27(23)24(29)18-20-10-4-2-5-11-20/h2-7,10-13,22-23,25H,8-9,14-18H2,1H3/t22-,23-,25-/m1/s1. The first-order chi connectivity index (χ1) is 14.1. The maximum Gasteiger partial charge on any atom is 0.227 e. The van der Waals surface area contributed by atoms with Crippen LogP contribution in [0, 0.1) is 0 Å².